The number of carbonyl (C=O) groups excluding carboxylic acids is 2. The molecule has 3 aromatic rings. The van der Waals surface area contributed by atoms with E-state index >= 15 is 0 Å². The number of nitriles is 1. The molecule has 0 bridgehead atoms. The number of nitrogen functional groups attached to an aromatic ring is 1. The van der Waals surface area contributed by atoms with Crippen LogP contribution in [0.4, 0.5) is 11.5 Å². The number of hydrogen-bond donors (Lipinski definition) is 4. The van der Waals surface area contributed by atoms with Gasteiger partial charge in [-0.05, 0) is 49.9 Å². The van der Waals surface area contributed by atoms with Crippen LogP contribution in [0, 0.1) is 11.3 Å². The molecule has 1 aromatic carbocycles. The van der Waals surface area contributed by atoms with Gasteiger partial charge >= 0.3 is 0 Å². The van der Waals surface area contributed by atoms with Crippen molar-refractivity contribution >= 4 is 35.9 Å². The molecule has 202 valence electrons. The Morgan fingerprint density at radius 1 is 1.21 bits per heavy atom. The number of aromatic nitrogens is 3. The number of aliphatic hydroxyl groups excluding tert-OH is 1. The number of aliphatic hydroxyl groups is 1. The lowest BCUT2D eigenvalue weighted by Crippen LogP contribution is -2.45. The highest BCUT2D eigenvalue weighted by atomic mass is 32.1. The second-order valence-electron chi connectivity index (χ2n) is 9.44. The summed E-state index contributed by atoms with van der Waals surface area (Å²) in [5.74, 6) is 0.146. The van der Waals surface area contributed by atoms with Crippen molar-refractivity contribution in [2.24, 2.45) is 0 Å². The molecule has 4 N–H and O–H groups in total. The second-order valence-corrected chi connectivity index (χ2v) is 9.95. The zero-order valence-electron chi connectivity index (χ0n) is 21.7. The molecule has 0 aliphatic carbocycles. The summed E-state index contributed by atoms with van der Waals surface area (Å²) in [4.78, 5) is 39.6. The van der Waals surface area contributed by atoms with E-state index in [0.29, 0.717) is 42.0 Å². The molecule has 2 aromatic heterocycles. The van der Waals surface area contributed by atoms with Gasteiger partial charge in [-0.15, -0.1) is 0 Å². The number of aryl methyl sites for hydroxylation is 1. The van der Waals surface area contributed by atoms with Crippen molar-refractivity contribution in [3.63, 3.8) is 0 Å². The molecule has 1 aliphatic heterocycles. The summed E-state index contributed by atoms with van der Waals surface area (Å²) < 4.78 is 0. The van der Waals surface area contributed by atoms with Gasteiger partial charge < -0.3 is 21.1 Å². The molecule has 0 spiro atoms. The van der Waals surface area contributed by atoms with Gasteiger partial charge in [-0.1, -0.05) is 18.2 Å². The van der Waals surface area contributed by atoms with Gasteiger partial charge in [-0.25, -0.2) is 9.97 Å². The van der Waals surface area contributed by atoms with E-state index in [9.17, 15) is 20.0 Å². The van der Waals surface area contributed by atoms with Gasteiger partial charge in [-0.3, -0.25) is 14.6 Å². The van der Waals surface area contributed by atoms with Crippen LogP contribution in [0.2, 0.25) is 0 Å². The van der Waals surface area contributed by atoms with E-state index in [1.54, 1.807) is 35.2 Å². The Labute approximate surface area is 232 Å². The van der Waals surface area contributed by atoms with Crippen LogP contribution >= 0.6 is 12.6 Å². The molecule has 3 heterocycles. The maximum atomic E-state index is 12.8. The summed E-state index contributed by atoms with van der Waals surface area (Å²) >= 11 is 4.72. The second kappa shape index (κ2) is 12.7. The topological polar surface area (TPSA) is 158 Å². The van der Waals surface area contributed by atoms with Crippen molar-refractivity contribution in [2.75, 3.05) is 24.2 Å². The van der Waals surface area contributed by atoms with Crippen LogP contribution in [0.15, 0.2) is 42.5 Å². The number of thiol groups is 1. The minimum absolute atomic E-state index is 0.0146. The van der Waals surface area contributed by atoms with E-state index in [0.717, 1.165) is 25.0 Å². The zero-order valence-corrected chi connectivity index (χ0v) is 22.6. The Morgan fingerprint density at radius 2 is 1.97 bits per heavy atom. The average Bonchev–Trinajstić information content (AvgIpc) is 2.95. The molecule has 0 saturated carbocycles. The lowest BCUT2D eigenvalue weighted by Gasteiger charge is -2.34. The lowest BCUT2D eigenvalue weighted by molar-refractivity contribution is -0.135. The van der Waals surface area contributed by atoms with Crippen molar-refractivity contribution in [1.82, 2.24) is 19.9 Å². The molecule has 1 saturated heterocycles. The number of carbonyl (C=O) groups is 2. The molecule has 4 rings (SSSR count). The number of nitrogens with two attached hydrogens (primary N) is 1. The fraction of sp³-hybridized carbons (Fsp3) is 0.357. The third-order valence-corrected chi connectivity index (χ3v) is 7.15. The summed E-state index contributed by atoms with van der Waals surface area (Å²) in [5.41, 5.74) is 9.21. The monoisotopic (exact) mass is 545 g/mol. The highest BCUT2D eigenvalue weighted by Crippen LogP contribution is 2.31. The fourth-order valence-electron chi connectivity index (χ4n) is 4.67. The van der Waals surface area contributed by atoms with Crippen LogP contribution in [0.1, 0.15) is 60.6 Å². The van der Waals surface area contributed by atoms with Crippen molar-refractivity contribution in [2.45, 2.75) is 50.3 Å². The molecule has 39 heavy (non-hydrogen) atoms. The SMILES string of the molecule is CC(=O)Nc1ccc(-c2nc(C(S)c3cccc(CCC(=O)N4CCCCC4CO)n3)nc(N)c2C#N)cc1. The number of likely N-dealkylation sites (tertiary alicyclic amines) is 1. The van der Waals surface area contributed by atoms with Gasteiger partial charge in [0.25, 0.3) is 0 Å². The van der Waals surface area contributed by atoms with Crippen LogP contribution in [0.5, 0.6) is 0 Å². The summed E-state index contributed by atoms with van der Waals surface area (Å²) in [7, 11) is 0. The standard InChI is InChI=1S/C28H31N7O3S/c1-17(37)31-20-10-8-18(9-11-20)25-22(15-29)27(30)34-28(33-25)26(39)23-7-4-5-19(32-23)12-13-24(38)35-14-3-2-6-21(35)16-36/h4-5,7-11,21,26,36,39H,2-3,6,12-14,16H2,1H3,(H,31,37)(H2,30,33,34). The van der Waals surface area contributed by atoms with Gasteiger partial charge in [0.2, 0.25) is 11.8 Å². The summed E-state index contributed by atoms with van der Waals surface area (Å²) in [6.45, 7) is 2.08. The molecule has 1 fully saturated rings. The van der Waals surface area contributed by atoms with Crippen molar-refractivity contribution in [3.8, 4) is 17.3 Å². The molecule has 11 heteroatoms. The Balaban J connectivity index is 1.54. The maximum Gasteiger partial charge on any atom is 0.223 e. The Bertz CT molecular complexity index is 1390. The van der Waals surface area contributed by atoms with Gasteiger partial charge in [0.05, 0.1) is 24.0 Å². The Morgan fingerprint density at radius 3 is 2.67 bits per heavy atom. The van der Waals surface area contributed by atoms with Crippen molar-refractivity contribution in [1.29, 1.82) is 5.26 Å². The number of benzene rings is 1. The first-order valence-electron chi connectivity index (χ1n) is 12.8. The van der Waals surface area contributed by atoms with Crippen LogP contribution in [-0.4, -0.2) is 56.0 Å². The van der Waals surface area contributed by atoms with Gasteiger partial charge in [0.15, 0.2) is 0 Å². The van der Waals surface area contributed by atoms with Crippen LogP contribution < -0.4 is 11.1 Å². The molecule has 2 unspecified atom stereocenters. The zero-order chi connectivity index (χ0) is 27.9. The molecular weight excluding hydrogens is 514 g/mol. The molecule has 2 atom stereocenters. The van der Waals surface area contributed by atoms with E-state index < -0.39 is 5.25 Å². The minimum atomic E-state index is -0.631. The average molecular weight is 546 g/mol. The third-order valence-electron chi connectivity index (χ3n) is 6.65. The predicted octanol–water partition coefficient (Wildman–Crippen LogP) is 3.28. The number of hydrogen-bond acceptors (Lipinski definition) is 9. The molecule has 0 radical (unpaired) electrons. The van der Waals surface area contributed by atoms with Crippen molar-refractivity contribution in [3.05, 3.63) is 65.2 Å². The van der Waals surface area contributed by atoms with E-state index in [1.807, 2.05) is 12.1 Å². The summed E-state index contributed by atoms with van der Waals surface area (Å²) in [6, 6.07) is 14.4. The van der Waals surface area contributed by atoms with Crippen LogP contribution in [-0.2, 0) is 16.0 Å². The first-order valence-corrected chi connectivity index (χ1v) is 13.3. The number of nitrogens with one attached hydrogen (secondary N) is 1. The fourth-order valence-corrected chi connectivity index (χ4v) is 4.93. The molecule has 2 amide bonds. The van der Waals surface area contributed by atoms with E-state index in [4.69, 9.17) is 23.3 Å². The number of anilines is 2. The number of nitrogens with zero attached hydrogens (tertiary/aromatic N) is 5. The minimum Gasteiger partial charge on any atom is -0.394 e. The Kier molecular flexibility index (Phi) is 9.11. The number of piperidine rings is 1. The smallest absolute Gasteiger partial charge is 0.223 e. The predicted molar refractivity (Wildman–Crippen MR) is 151 cm³/mol. The van der Waals surface area contributed by atoms with Crippen molar-refractivity contribution < 1.29 is 14.7 Å². The van der Waals surface area contributed by atoms with Gasteiger partial charge in [0.1, 0.15) is 28.5 Å². The number of rotatable bonds is 8. The highest BCUT2D eigenvalue weighted by Gasteiger charge is 2.26. The molecule has 1 aliphatic rings. The van der Waals surface area contributed by atoms with E-state index in [-0.39, 0.29) is 41.7 Å². The highest BCUT2D eigenvalue weighted by molar-refractivity contribution is 7.80. The van der Waals surface area contributed by atoms with Crippen LogP contribution in [0.3, 0.4) is 0 Å². The van der Waals surface area contributed by atoms with E-state index in [1.165, 1.54) is 6.92 Å². The molecular formula is C28H31N7O3S. The maximum absolute atomic E-state index is 12.8. The number of amides is 2. The quantitative estimate of drug-likeness (QED) is 0.314. The third kappa shape index (κ3) is 6.71. The number of pyridine rings is 1. The first-order chi connectivity index (χ1) is 18.8. The van der Waals surface area contributed by atoms with E-state index in [2.05, 4.69) is 21.4 Å². The largest absolute Gasteiger partial charge is 0.394 e. The molecule has 10 nitrogen and oxygen atoms in total. The first kappa shape index (κ1) is 28.0. The van der Waals surface area contributed by atoms with Gasteiger partial charge in [-0.2, -0.15) is 17.9 Å². The summed E-state index contributed by atoms with van der Waals surface area (Å²) in [6.07, 6.45) is 3.54. The normalized spacial score (nSPS) is 15.8. The summed E-state index contributed by atoms with van der Waals surface area (Å²) in [5, 5.41) is 21.4. The van der Waals surface area contributed by atoms with Crippen LogP contribution in [0.25, 0.3) is 11.3 Å². The lowest BCUT2D eigenvalue weighted by atomic mass is 10.0. The van der Waals surface area contributed by atoms with Gasteiger partial charge in [0, 0.05) is 36.8 Å². The Hall–Kier alpha value is -4.01.